The van der Waals surface area contributed by atoms with E-state index in [1.165, 1.54) is 0 Å². The molecule has 0 spiro atoms. The van der Waals surface area contributed by atoms with E-state index >= 15 is 0 Å². The van der Waals surface area contributed by atoms with Crippen molar-refractivity contribution in [3.05, 3.63) is 23.4 Å². The van der Waals surface area contributed by atoms with Gasteiger partial charge in [0.05, 0.1) is 0 Å². The zero-order valence-corrected chi connectivity index (χ0v) is 8.08. The lowest BCUT2D eigenvalue weighted by molar-refractivity contribution is -0.119. The van der Waals surface area contributed by atoms with E-state index in [1.54, 1.807) is 6.07 Å². The van der Waals surface area contributed by atoms with Crippen molar-refractivity contribution in [2.24, 2.45) is 0 Å². The van der Waals surface area contributed by atoms with Crippen LogP contribution in [0.4, 0.5) is 5.82 Å². The third-order valence-electron chi connectivity index (χ3n) is 2.57. The summed E-state index contributed by atoms with van der Waals surface area (Å²) < 4.78 is 0. The van der Waals surface area contributed by atoms with Gasteiger partial charge in [-0.15, -0.1) is 0 Å². The van der Waals surface area contributed by atoms with Gasteiger partial charge in [0.2, 0.25) is 5.91 Å². The van der Waals surface area contributed by atoms with Crippen LogP contribution in [0.1, 0.15) is 23.6 Å². The van der Waals surface area contributed by atoms with Crippen LogP contribution in [-0.4, -0.2) is 17.4 Å². The highest BCUT2D eigenvalue weighted by Gasteiger charge is 2.24. The molecule has 1 fully saturated rings. The lowest BCUT2D eigenvalue weighted by Gasteiger charge is -2.10. The number of carbonyl (C=O) groups is 1. The fourth-order valence-corrected chi connectivity index (χ4v) is 1.85. The molecule has 1 aromatic heterocycles. The average molecular weight is 191 g/mol. The summed E-state index contributed by atoms with van der Waals surface area (Å²) in [6, 6.07) is 3.74. The topological polar surface area (TPSA) is 68.0 Å². The van der Waals surface area contributed by atoms with E-state index < -0.39 is 0 Å². The van der Waals surface area contributed by atoms with Gasteiger partial charge in [0.1, 0.15) is 5.82 Å². The molecule has 4 heteroatoms. The molecule has 1 aromatic rings. The number of nitrogens with two attached hydrogens (primary N) is 1. The number of aryl methyl sites for hydroxylation is 1. The van der Waals surface area contributed by atoms with Crippen molar-refractivity contribution < 1.29 is 4.79 Å². The van der Waals surface area contributed by atoms with Crippen molar-refractivity contribution in [2.75, 3.05) is 12.3 Å². The van der Waals surface area contributed by atoms with Crippen molar-refractivity contribution in [1.82, 2.24) is 10.3 Å². The van der Waals surface area contributed by atoms with Crippen LogP contribution in [0.2, 0.25) is 0 Å². The van der Waals surface area contributed by atoms with Gasteiger partial charge in [-0.2, -0.15) is 0 Å². The van der Waals surface area contributed by atoms with Crippen LogP contribution in [0.15, 0.2) is 12.1 Å². The Hall–Kier alpha value is -1.58. The third kappa shape index (κ3) is 1.55. The molecule has 4 nitrogen and oxygen atoms in total. The molecule has 74 valence electrons. The standard InChI is InChI=1S/C10H13N3O/c1-6-8(2-3-9(11)13-6)7-4-10(14)12-5-7/h2-3,7H,4-5H2,1H3,(H2,11,13)(H,12,14)/t7-/m0/s1. The van der Waals surface area contributed by atoms with Gasteiger partial charge >= 0.3 is 0 Å². The summed E-state index contributed by atoms with van der Waals surface area (Å²) in [6.45, 7) is 2.64. The van der Waals surface area contributed by atoms with Crippen LogP contribution in [0.25, 0.3) is 0 Å². The lowest BCUT2D eigenvalue weighted by atomic mass is 9.97. The van der Waals surface area contributed by atoms with Crippen molar-refractivity contribution in [2.45, 2.75) is 19.3 Å². The highest BCUT2D eigenvalue weighted by molar-refractivity contribution is 5.79. The minimum absolute atomic E-state index is 0.117. The van der Waals surface area contributed by atoms with Gasteiger partial charge in [0.15, 0.2) is 0 Å². The predicted molar refractivity (Wildman–Crippen MR) is 53.8 cm³/mol. The van der Waals surface area contributed by atoms with Gasteiger partial charge in [-0.25, -0.2) is 4.98 Å². The second-order valence-electron chi connectivity index (χ2n) is 3.62. The minimum Gasteiger partial charge on any atom is -0.384 e. The van der Waals surface area contributed by atoms with Crippen molar-refractivity contribution in [3.63, 3.8) is 0 Å². The van der Waals surface area contributed by atoms with E-state index in [2.05, 4.69) is 10.3 Å². The molecule has 2 rings (SSSR count). The molecule has 1 aliphatic heterocycles. The molecule has 1 atom stereocenters. The number of pyridine rings is 1. The number of hydrogen-bond acceptors (Lipinski definition) is 3. The van der Waals surface area contributed by atoms with Crippen LogP contribution in [0.5, 0.6) is 0 Å². The molecule has 0 saturated carbocycles. The van der Waals surface area contributed by atoms with Gasteiger partial charge in [-0.05, 0) is 18.6 Å². The number of nitrogens with zero attached hydrogens (tertiary/aromatic N) is 1. The molecule has 1 saturated heterocycles. The molecule has 0 aliphatic carbocycles. The first-order chi connectivity index (χ1) is 6.66. The largest absolute Gasteiger partial charge is 0.384 e. The van der Waals surface area contributed by atoms with Crippen LogP contribution in [-0.2, 0) is 4.79 Å². The molecule has 0 radical (unpaired) electrons. The molecule has 0 aromatic carbocycles. The summed E-state index contributed by atoms with van der Waals surface area (Å²) >= 11 is 0. The van der Waals surface area contributed by atoms with Crippen LogP contribution in [0.3, 0.4) is 0 Å². The summed E-state index contributed by atoms with van der Waals surface area (Å²) in [7, 11) is 0. The average Bonchev–Trinajstić information content (AvgIpc) is 2.51. The fraction of sp³-hybridized carbons (Fsp3) is 0.400. The normalized spacial score (nSPS) is 20.9. The number of hydrogen-bond donors (Lipinski definition) is 2. The molecule has 2 heterocycles. The third-order valence-corrected chi connectivity index (χ3v) is 2.57. The molecular formula is C10H13N3O. The summed E-state index contributed by atoms with van der Waals surface area (Å²) in [5.74, 6) is 0.908. The molecule has 0 unspecified atom stereocenters. The quantitative estimate of drug-likeness (QED) is 0.682. The summed E-state index contributed by atoms with van der Waals surface area (Å²) in [4.78, 5) is 15.2. The number of amides is 1. The number of aromatic nitrogens is 1. The molecule has 0 bridgehead atoms. The number of carbonyl (C=O) groups excluding carboxylic acids is 1. The van der Waals surface area contributed by atoms with Crippen molar-refractivity contribution in [3.8, 4) is 0 Å². The highest BCUT2D eigenvalue weighted by atomic mass is 16.1. The van der Waals surface area contributed by atoms with Gasteiger partial charge in [0, 0.05) is 24.6 Å². The maximum absolute atomic E-state index is 11.0. The van der Waals surface area contributed by atoms with Gasteiger partial charge in [0.25, 0.3) is 0 Å². The van der Waals surface area contributed by atoms with E-state index in [0.717, 1.165) is 11.3 Å². The van der Waals surface area contributed by atoms with E-state index in [0.29, 0.717) is 18.8 Å². The second-order valence-corrected chi connectivity index (χ2v) is 3.62. The summed E-state index contributed by atoms with van der Waals surface area (Å²) in [5.41, 5.74) is 7.61. The Morgan fingerprint density at radius 1 is 1.57 bits per heavy atom. The summed E-state index contributed by atoms with van der Waals surface area (Å²) in [5, 5.41) is 2.81. The SMILES string of the molecule is Cc1nc(N)ccc1[C@@H]1CNC(=O)C1. The van der Waals surface area contributed by atoms with E-state index in [4.69, 9.17) is 5.73 Å². The first kappa shape index (κ1) is 8.99. The molecule has 14 heavy (non-hydrogen) atoms. The number of rotatable bonds is 1. The van der Waals surface area contributed by atoms with Crippen molar-refractivity contribution in [1.29, 1.82) is 0 Å². The van der Waals surface area contributed by atoms with Crippen molar-refractivity contribution >= 4 is 11.7 Å². The number of nitrogen functional groups attached to an aromatic ring is 1. The van der Waals surface area contributed by atoms with E-state index in [9.17, 15) is 4.79 Å². The Morgan fingerprint density at radius 3 is 2.93 bits per heavy atom. The summed E-state index contributed by atoms with van der Waals surface area (Å²) in [6.07, 6.45) is 0.562. The maximum Gasteiger partial charge on any atom is 0.220 e. The highest BCUT2D eigenvalue weighted by Crippen LogP contribution is 2.25. The smallest absolute Gasteiger partial charge is 0.220 e. The maximum atomic E-state index is 11.0. The zero-order valence-electron chi connectivity index (χ0n) is 8.08. The number of anilines is 1. The minimum atomic E-state index is 0.117. The van der Waals surface area contributed by atoms with E-state index in [1.807, 2.05) is 13.0 Å². The first-order valence-electron chi connectivity index (χ1n) is 4.66. The molecule has 1 amide bonds. The van der Waals surface area contributed by atoms with Crippen LogP contribution in [0, 0.1) is 6.92 Å². The van der Waals surface area contributed by atoms with Gasteiger partial charge in [-0.3, -0.25) is 4.79 Å². The zero-order chi connectivity index (χ0) is 10.1. The molecular weight excluding hydrogens is 178 g/mol. The van der Waals surface area contributed by atoms with Crippen LogP contribution < -0.4 is 11.1 Å². The van der Waals surface area contributed by atoms with E-state index in [-0.39, 0.29) is 11.8 Å². The first-order valence-corrected chi connectivity index (χ1v) is 4.66. The Kier molecular flexibility index (Phi) is 2.11. The van der Waals surface area contributed by atoms with Crippen LogP contribution >= 0.6 is 0 Å². The Bertz CT molecular complexity index is 376. The molecule has 1 aliphatic rings. The number of nitrogens with one attached hydrogen (secondary N) is 1. The van der Waals surface area contributed by atoms with Gasteiger partial charge in [-0.1, -0.05) is 6.07 Å². The second kappa shape index (κ2) is 3.29. The Morgan fingerprint density at radius 2 is 2.36 bits per heavy atom. The fourth-order valence-electron chi connectivity index (χ4n) is 1.85. The molecule has 3 N–H and O–H groups in total. The van der Waals surface area contributed by atoms with Gasteiger partial charge < -0.3 is 11.1 Å². The Balaban J connectivity index is 2.28. The lowest BCUT2D eigenvalue weighted by Crippen LogP contribution is -2.13. The Labute approximate surface area is 82.5 Å². The predicted octanol–water partition coefficient (Wildman–Crippen LogP) is 0.576. The monoisotopic (exact) mass is 191 g/mol.